The van der Waals surface area contributed by atoms with Crippen LogP contribution >= 0.6 is 22.9 Å². The van der Waals surface area contributed by atoms with Gasteiger partial charge in [0.25, 0.3) is 0 Å². The molecule has 2 aromatic heterocycles. The van der Waals surface area contributed by atoms with Gasteiger partial charge in [0.2, 0.25) is 0 Å². The monoisotopic (exact) mass is 313 g/mol. The number of thiophene rings is 1. The Morgan fingerprint density at radius 1 is 1.35 bits per heavy atom. The topological polar surface area (TPSA) is 34.4 Å². The number of hydrogen-bond acceptors (Lipinski definition) is 4. The van der Waals surface area contributed by atoms with E-state index in [1.807, 2.05) is 38.1 Å². The van der Waals surface area contributed by atoms with Gasteiger partial charge in [0.1, 0.15) is 11.8 Å². The predicted molar refractivity (Wildman–Crippen MR) is 83.6 cm³/mol. The number of nitrogens with one attached hydrogen (secondary N) is 1. The first-order chi connectivity index (χ1) is 9.66. The van der Waals surface area contributed by atoms with Crippen LogP contribution in [0, 0.1) is 0 Å². The average molecular weight is 314 g/mol. The minimum Gasteiger partial charge on any atom is -0.467 e. The van der Waals surface area contributed by atoms with Gasteiger partial charge in [0.15, 0.2) is 0 Å². The van der Waals surface area contributed by atoms with Gasteiger partial charge < -0.3 is 14.5 Å². The van der Waals surface area contributed by atoms with Crippen molar-refractivity contribution in [2.75, 3.05) is 13.2 Å². The molecule has 2 aromatic rings. The van der Waals surface area contributed by atoms with Crippen molar-refractivity contribution in [3.63, 3.8) is 0 Å². The molecule has 0 amide bonds. The third-order valence-corrected chi connectivity index (χ3v) is 4.12. The van der Waals surface area contributed by atoms with Crippen LogP contribution in [0.2, 0.25) is 4.34 Å². The van der Waals surface area contributed by atoms with Gasteiger partial charge >= 0.3 is 0 Å². The van der Waals surface area contributed by atoms with E-state index >= 15 is 0 Å². The van der Waals surface area contributed by atoms with Gasteiger partial charge in [0, 0.05) is 11.5 Å². The average Bonchev–Trinajstić information content (AvgIpc) is 3.05. The fraction of sp³-hybridized carbons (Fsp3) is 0.467. The molecule has 0 spiro atoms. The molecular weight excluding hydrogens is 294 g/mol. The molecule has 0 bridgehead atoms. The lowest BCUT2D eigenvalue weighted by Crippen LogP contribution is -2.23. The lowest BCUT2D eigenvalue weighted by atomic mass is 10.2. The molecule has 0 aliphatic carbocycles. The van der Waals surface area contributed by atoms with Crippen molar-refractivity contribution < 1.29 is 9.15 Å². The summed E-state index contributed by atoms with van der Waals surface area (Å²) in [5, 5.41) is 3.50. The normalized spacial score (nSPS) is 13.0. The fourth-order valence-corrected chi connectivity index (χ4v) is 3.06. The lowest BCUT2D eigenvalue weighted by Gasteiger charge is -2.15. The van der Waals surface area contributed by atoms with Crippen LogP contribution in [-0.4, -0.2) is 19.3 Å². The molecular formula is C15H20ClNO2S. The number of rotatable bonds is 8. The Morgan fingerprint density at radius 3 is 2.80 bits per heavy atom. The third-order valence-electron chi connectivity index (χ3n) is 2.83. The highest BCUT2D eigenvalue weighted by molar-refractivity contribution is 7.16. The van der Waals surface area contributed by atoms with E-state index in [1.54, 1.807) is 17.6 Å². The number of halogens is 1. The van der Waals surface area contributed by atoms with Gasteiger partial charge in [-0.1, -0.05) is 11.6 Å². The van der Waals surface area contributed by atoms with E-state index in [2.05, 4.69) is 5.32 Å². The van der Waals surface area contributed by atoms with Gasteiger partial charge in [0.05, 0.1) is 16.7 Å². The second kappa shape index (κ2) is 7.84. The molecule has 1 atom stereocenters. The second-order valence-corrected chi connectivity index (χ2v) is 6.56. The predicted octanol–water partition coefficient (Wildman–Crippen LogP) is 4.49. The zero-order chi connectivity index (χ0) is 14.4. The van der Waals surface area contributed by atoms with Crippen molar-refractivity contribution >= 4 is 22.9 Å². The number of furan rings is 1. The summed E-state index contributed by atoms with van der Waals surface area (Å²) < 4.78 is 11.9. The molecule has 20 heavy (non-hydrogen) atoms. The SMILES string of the molecule is CC(C)OCCCNC(c1ccco1)c1ccc(Cl)s1. The van der Waals surface area contributed by atoms with Crippen LogP contribution in [0.5, 0.6) is 0 Å². The molecule has 0 radical (unpaired) electrons. The highest BCUT2D eigenvalue weighted by Crippen LogP contribution is 2.31. The van der Waals surface area contributed by atoms with Crippen LogP contribution < -0.4 is 5.32 Å². The lowest BCUT2D eigenvalue weighted by molar-refractivity contribution is 0.0768. The van der Waals surface area contributed by atoms with Crippen LogP contribution in [-0.2, 0) is 4.74 Å². The molecule has 0 aliphatic rings. The van der Waals surface area contributed by atoms with Gasteiger partial charge in [-0.15, -0.1) is 11.3 Å². The third kappa shape index (κ3) is 4.63. The first-order valence-electron chi connectivity index (χ1n) is 6.80. The van der Waals surface area contributed by atoms with E-state index in [0.717, 1.165) is 34.5 Å². The molecule has 2 rings (SSSR count). The Kier molecular flexibility index (Phi) is 6.10. The summed E-state index contributed by atoms with van der Waals surface area (Å²) in [7, 11) is 0. The number of hydrogen-bond donors (Lipinski definition) is 1. The zero-order valence-corrected chi connectivity index (χ0v) is 13.3. The largest absolute Gasteiger partial charge is 0.467 e. The van der Waals surface area contributed by atoms with Gasteiger partial charge in [-0.3, -0.25) is 0 Å². The molecule has 5 heteroatoms. The summed E-state index contributed by atoms with van der Waals surface area (Å²) in [6, 6.07) is 7.90. The van der Waals surface area contributed by atoms with E-state index in [9.17, 15) is 0 Å². The molecule has 1 N–H and O–H groups in total. The summed E-state index contributed by atoms with van der Waals surface area (Å²) in [5.74, 6) is 0.910. The van der Waals surface area contributed by atoms with E-state index in [1.165, 1.54) is 0 Å². The second-order valence-electron chi connectivity index (χ2n) is 4.82. The van der Waals surface area contributed by atoms with Gasteiger partial charge in [-0.2, -0.15) is 0 Å². The minimum absolute atomic E-state index is 0.0570. The Balaban J connectivity index is 1.91. The maximum atomic E-state index is 6.02. The van der Waals surface area contributed by atoms with E-state index < -0.39 is 0 Å². The summed E-state index contributed by atoms with van der Waals surface area (Å²) in [4.78, 5) is 1.16. The van der Waals surface area contributed by atoms with Crippen molar-refractivity contribution in [3.05, 3.63) is 45.5 Å². The van der Waals surface area contributed by atoms with E-state index in [4.69, 9.17) is 20.8 Å². The molecule has 0 saturated heterocycles. The van der Waals surface area contributed by atoms with Crippen LogP contribution in [0.25, 0.3) is 0 Å². The van der Waals surface area contributed by atoms with Gasteiger partial charge in [-0.05, 0) is 51.1 Å². The summed E-state index contributed by atoms with van der Waals surface area (Å²) in [6.45, 7) is 5.73. The van der Waals surface area contributed by atoms with Crippen molar-refractivity contribution in [1.29, 1.82) is 0 Å². The standard InChI is InChI=1S/C15H20ClNO2S/c1-11(2)18-10-4-8-17-15(12-5-3-9-19-12)13-6-7-14(16)20-13/h3,5-7,9,11,15,17H,4,8,10H2,1-2H3. The molecule has 0 saturated carbocycles. The van der Waals surface area contributed by atoms with Gasteiger partial charge in [-0.25, -0.2) is 0 Å². The Hall–Kier alpha value is -0.810. The Morgan fingerprint density at radius 2 is 2.20 bits per heavy atom. The van der Waals surface area contributed by atoms with Crippen LogP contribution in [0.1, 0.15) is 36.9 Å². The number of ether oxygens (including phenoxy) is 1. The first-order valence-corrected chi connectivity index (χ1v) is 8.00. The molecule has 0 fully saturated rings. The van der Waals surface area contributed by atoms with Crippen molar-refractivity contribution in [3.8, 4) is 0 Å². The highest BCUT2D eigenvalue weighted by Gasteiger charge is 2.18. The van der Waals surface area contributed by atoms with Crippen LogP contribution in [0.3, 0.4) is 0 Å². The Bertz CT molecular complexity index is 496. The smallest absolute Gasteiger partial charge is 0.126 e. The quantitative estimate of drug-likeness (QED) is 0.729. The fourth-order valence-electron chi connectivity index (χ4n) is 1.92. The van der Waals surface area contributed by atoms with Crippen molar-refractivity contribution in [2.24, 2.45) is 0 Å². The molecule has 3 nitrogen and oxygen atoms in total. The molecule has 0 aliphatic heterocycles. The van der Waals surface area contributed by atoms with E-state index in [-0.39, 0.29) is 12.1 Å². The summed E-state index contributed by atoms with van der Waals surface area (Å²) >= 11 is 7.60. The van der Waals surface area contributed by atoms with E-state index in [0.29, 0.717) is 0 Å². The summed E-state index contributed by atoms with van der Waals surface area (Å²) in [5.41, 5.74) is 0. The molecule has 110 valence electrons. The first kappa shape index (κ1) is 15.6. The maximum Gasteiger partial charge on any atom is 0.126 e. The van der Waals surface area contributed by atoms with Crippen molar-refractivity contribution in [2.45, 2.75) is 32.4 Å². The minimum atomic E-state index is 0.0570. The summed E-state index contributed by atoms with van der Waals surface area (Å²) in [6.07, 6.45) is 2.95. The Labute approximate surface area is 128 Å². The van der Waals surface area contributed by atoms with Crippen LogP contribution in [0.15, 0.2) is 34.9 Å². The molecule has 1 unspecified atom stereocenters. The van der Waals surface area contributed by atoms with Crippen molar-refractivity contribution in [1.82, 2.24) is 5.32 Å². The van der Waals surface area contributed by atoms with Crippen LogP contribution in [0.4, 0.5) is 0 Å². The molecule has 2 heterocycles. The molecule has 0 aromatic carbocycles. The highest BCUT2D eigenvalue weighted by atomic mass is 35.5. The zero-order valence-electron chi connectivity index (χ0n) is 11.8. The maximum absolute atomic E-state index is 6.02.